The van der Waals surface area contributed by atoms with Crippen molar-refractivity contribution in [2.24, 2.45) is 0 Å². The maximum atomic E-state index is 5.75. The van der Waals surface area contributed by atoms with Crippen molar-refractivity contribution < 1.29 is 9.15 Å². The molecule has 0 aliphatic heterocycles. The highest BCUT2D eigenvalue weighted by Crippen LogP contribution is 2.16. The van der Waals surface area contributed by atoms with Crippen LogP contribution in [0.5, 0.6) is 5.75 Å². The van der Waals surface area contributed by atoms with E-state index in [1.54, 1.807) is 0 Å². The molecule has 0 spiro atoms. The van der Waals surface area contributed by atoms with Crippen molar-refractivity contribution in [2.75, 3.05) is 0 Å². The lowest BCUT2D eigenvalue weighted by Crippen LogP contribution is -2.21. The Morgan fingerprint density at radius 3 is 2.43 bits per heavy atom. The van der Waals surface area contributed by atoms with E-state index in [1.165, 1.54) is 12.0 Å². The van der Waals surface area contributed by atoms with Gasteiger partial charge < -0.3 is 14.5 Å². The van der Waals surface area contributed by atoms with E-state index < -0.39 is 0 Å². The summed E-state index contributed by atoms with van der Waals surface area (Å²) < 4.78 is 11.5. The van der Waals surface area contributed by atoms with Gasteiger partial charge in [0.1, 0.15) is 23.9 Å². The summed E-state index contributed by atoms with van der Waals surface area (Å²) in [6.07, 6.45) is 2.28. The van der Waals surface area contributed by atoms with Crippen molar-refractivity contribution in [2.45, 2.75) is 52.8 Å². The number of hydrogen-bond acceptors (Lipinski definition) is 3. The normalized spacial score (nSPS) is 11.0. The van der Waals surface area contributed by atoms with Crippen molar-refractivity contribution >= 4 is 0 Å². The fraction of sp³-hybridized carbons (Fsp3) is 0.444. The van der Waals surface area contributed by atoms with Crippen LogP contribution in [0, 0.1) is 0 Å². The molecule has 0 aliphatic rings. The van der Waals surface area contributed by atoms with E-state index in [-0.39, 0.29) is 0 Å². The summed E-state index contributed by atoms with van der Waals surface area (Å²) in [6, 6.07) is 12.7. The molecule has 114 valence electrons. The van der Waals surface area contributed by atoms with E-state index in [2.05, 4.69) is 38.2 Å². The summed E-state index contributed by atoms with van der Waals surface area (Å²) >= 11 is 0. The fourth-order valence-electron chi connectivity index (χ4n) is 2.10. The summed E-state index contributed by atoms with van der Waals surface area (Å²) in [5, 5.41) is 3.33. The highest BCUT2D eigenvalue weighted by Gasteiger charge is 2.04. The first-order valence-corrected chi connectivity index (χ1v) is 7.70. The number of furan rings is 1. The zero-order valence-electron chi connectivity index (χ0n) is 13.2. The number of benzene rings is 1. The Hall–Kier alpha value is -1.74. The lowest BCUT2D eigenvalue weighted by atomic mass is 10.1. The molecule has 0 atom stereocenters. The van der Waals surface area contributed by atoms with Crippen molar-refractivity contribution in [1.29, 1.82) is 0 Å². The lowest BCUT2D eigenvalue weighted by Gasteiger charge is -2.06. The van der Waals surface area contributed by atoms with Crippen molar-refractivity contribution in [3.05, 3.63) is 53.5 Å². The van der Waals surface area contributed by atoms with E-state index >= 15 is 0 Å². The molecule has 3 nitrogen and oxygen atoms in total. The summed E-state index contributed by atoms with van der Waals surface area (Å²) in [5.74, 6) is 2.68. The standard InChI is InChI=1S/C18H25NO2/c1-4-5-15-6-8-16(9-7-15)20-13-18-11-10-17(21-18)12-19-14(2)3/h6-11,14,19H,4-5,12-13H2,1-3H3. The smallest absolute Gasteiger partial charge is 0.146 e. The molecule has 2 rings (SSSR count). The molecule has 0 radical (unpaired) electrons. The molecule has 0 amide bonds. The van der Waals surface area contributed by atoms with Gasteiger partial charge in [-0.2, -0.15) is 0 Å². The Balaban J connectivity index is 1.82. The molecule has 1 aromatic heterocycles. The van der Waals surface area contributed by atoms with Gasteiger partial charge in [0.05, 0.1) is 6.54 Å². The molecular weight excluding hydrogens is 262 g/mol. The number of aryl methyl sites for hydroxylation is 1. The first kappa shape index (κ1) is 15.6. The van der Waals surface area contributed by atoms with Crippen LogP contribution < -0.4 is 10.1 Å². The molecule has 0 fully saturated rings. The number of ether oxygens (including phenoxy) is 1. The Bertz CT molecular complexity index is 528. The number of hydrogen-bond donors (Lipinski definition) is 1. The van der Waals surface area contributed by atoms with Crippen molar-refractivity contribution in [3.8, 4) is 5.75 Å². The van der Waals surface area contributed by atoms with Gasteiger partial charge in [-0.1, -0.05) is 39.3 Å². The maximum Gasteiger partial charge on any atom is 0.146 e. The highest BCUT2D eigenvalue weighted by molar-refractivity contribution is 5.27. The van der Waals surface area contributed by atoms with E-state index in [1.807, 2.05) is 24.3 Å². The van der Waals surface area contributed by atoms with Gasteiger partial charge in [-0.25, -0.2) is 0 Å². The second-order valence-corrected chi connectivity index (χ2v) is 5.59. The van der Waals surface area contributed by atoms with E-state index in [4.69, 9.17) is 9.15 Å². The molecule has 0 bridgehead atoms. The Kier molecular flexibility index (Phi) is 5.88. The Morgan fingerprint density at radius 2 is 1.76 bits per heavy atom. The van der Waals surface area contributed by atoms with Crippen LogP contribution in [0.2, 0.25) is 0 Å². The van der Waals surface area contributed by atoms with Gasteiger partial charge in [-0.3, -0.25) is 0 Å². The SMILES string of the molecule is CCCc1ccc(OCc2ccc(CNC(C)C)o2)cc1. The van der Waals surface area contributed by atoms with Crippen molar-refractivity contribution in [3.63, 3.8) is 0 Å². The van der Waals surface area contributed by atoms with E-state index in [0.29, 0.717) is 12.6 Å². The minimum absolute atomic E-state index is 0.455. The van der Waals surface area contributed by atoms with Gasteiger partial charge in [-0.05, 0) is 36.2 Å². The summed E-state index contributed by atoms with van der Waals surface area (Å²) in [5.41, 5.74) is 1.35. The fourth-order valence-corrected chi connectivity index (χ4v) is 2.10. The molecule has 2 aromatic rings. The predicted molar refractivity (Wildman–Crippen MR) is 85.5 cm³/mol. The monoisotopic (exact) mass is 287 g/mol. The average Bonchev–Trinajstić information content (AvgIpc) is 2.93. The number of rotatable bonds is 8. The average molecular weight is 287 g/mol. The van der Waals surface area contributed by atoms with Gasteiger partial charge in [0.25, 0.3) is 0 Å². The molecule has 0 saturated carbocycles. The largest absolute Gasteiger partial charge is 0.486 e. The van der Waals surface area contributed by atoms with Gasteiger partial charge >= 0.3 is 0 Å². The van der Waals surface area contributed by atoms with Crippen LogP contribution in [0.25, 0.3) is 0 Å². The molecule has 0 aliphatic carbocycles. The van der Waals surface area contributed by atoms with Crippen LogP contribution in [0.3, 0.4) is 0 Å². The molecule has 0 saturated heterocycles. The van der Waals surface area contributed by atoms with Crippen LogP contribution in [-0.4, -0.2) is 6.04 Å². The predicted octanol–water partition coefficient (Wildman–Crippen LogP) is 4.31. The second kappa shape index (κ2) is 7.89. The van der Waals surface area contributed by atoms with Crippen LogP contribution >= 0.6 is 0 Å². The minimum Gasteiger partial charge on any atom is -0.486 e. The first-order chi connectivity index (χ1) is 10.2. The third kappa shape index (κ3) is 5.27. The third-order valence-electron chi connectivity index (χ3n) is 3.24. The third-order valence-corrected chi connectivity index (χ3v) is 3.24. The maximum absolute atomic E-state index is 5.75. The van der Waals surface area contributed by atoms with Crippen LogP contribution in [0.1, 0.15) is 44.3 Å². The molecular formula is C18H25NO2. The van der Waals surface area contributed by atoms with Gasteiger partial charge in [0.2, 0.25) is 0 Å². The lowest BCUT2D eigenvalue weighted by molar-refractivity contribution is 0.264. The second-order valence-electron chi connectivity index (χ2n) is 5.59. The molecule has 0 unspecified atom stereocenters. The van der Waals surface area contributed by atoms with Crippen molar-refractivity contribution in [1.82, 2.24) is 5.32 Å². The Morgan fingerprint density at radius 1 is 1.05 bits per heavy atom. The topological polar surface area (TPSA) is 34.4 Å². The molecule has 3 heteroatoms. The summed E-state index contributed by atoms with van der Waals surface area (Å²) in [7, 11) is 0. The van der Waals surface area contributed by atoms with Gasteiger partial charge in [0, 0.05) is 6.04 Å². The first-order valence-electron chi connectivity index (χ1n) is 7.70. The summed E-state index contributed by atoms with van der Waals surface area (Å²) in [6.45, 7) is 7.65. The molecule has 21 heavy (non-hydrogen) atoms. The van der Waals surface area contributed by atoms with Gasteiger partial charge in [0.15, 0.2) is 0 Å². The highest BCUT2D eigenvalue weighted by atomic mass is 16.5. The van der Waals surface area contributed by atoms with E-state index in [0.717, 1.165) is 30.2 Å². The minimum atomic E-state index is 0.455. The number of nitrogens with one attached hydrogen (secondary N) is 1. The van der Waals surface area contributed by atoms with Crippen LogP contribution in [0.15, 0.2) is 40.8 Å². The van der Waals surface area contributed by atoms with Gasteiger partial charge in [-0.15, -0.1) is 0 Å². The molecule has 1 N–H and O–H groups in total. The Labute approximate surface area is 127 Å². The molecule has 1 aromatic carbocycles. The van der Waals surface area contributed by atoms with Crippen LogP contribution in [0.4, 0.5) is 0 Å². The van der Waals surface area contributed by atoms with Crippen LogP contribution in [-0.2, 0) is 19.6 Å². The zero-order valence-corrected chi connectivity index (χ0v) is 13.2. The van der Waals surface area contributed by atoms with E-state index in [9.17, 15) is 0 Å². The summed E-state index contributed by atoms with van der Waals surface area (Å²) in [4.78, 5) is 0. The zero-order chi connectivity index (χ0) is 15.1. The molecule has 1 heterocycles. The quantitative estimate of drug-likeness (QED) is 0.785.